The Morgan fingerprint density at radius 1 is 1.26 bits per heavy atom. The van der Waals surface area contributed by atoms with Crippen molar-refractivity contribution in [3.8, 4) is 0 Å². The molecule has 1 saturated heterocycles. The summed E-state index contributed by atoms with van der Waals surface area (Å²) >= 11 is 0. The number of isocyanates is 1. The first-order chi connectivity index (χ1) is 9.34. The topological polar surface area (TPSA) is 41.9 Å². The number of hydrogen-bond donors (Lipinski definition) is 0. The molecule has 2 fully saturated rings. The van der Waals surface area contributed by atoms with Crippen molar-refractivity contribution in [3.05, 3.63) is 35.4 Å². The highest BCUT2D eigenvalue weighted by atomic mass is 16.5. The minimum atomic E-state index is -0.273. The average molecular weight is 258 g/mol. The Labute approximate surface area is 113 Å². The quantitative estimate of drug-likeness (QED) is 0.611. The zero-order valence-corrected chi connectivity index (χ0v) is 11.0. The van der Waals surface area contributed by atoms with E-state index in [0.717, 1.165) is 45.7 Å². The van der Waals surface area contributed by atoms with Crippen molar-refractivity contribution in [2.24, 2.45) is 4.99 Å². The van der Waals surface area contributed by atoms with Gasteiger partial charge < -0.3 is 4.74 Å². The molecule has 0 N–H and O–H groups in total. The van der Waals surface area contributed by atoms with E-state index < -0.39 is 0 Å². The third-order valence-electron chi connectivity index (χ3n) is 4.00. The van der Waals surface area contributed by atoms with Gasteiger partial charge in [0.15, 0.2) is 0 Å². The number of rotatable bonds is 4. The number of morpholine rings is 1. The van der Waals surface area contributed by atoms with Crippen LogP contribution in [0.15, 0.2) is 29.3 Å². The first-order valence-electron chi connectivity index (χ1n) is 6.82. The molecule has 1 aromatic rings. The highest BCUT2D eigenvalue weighted by Crippen LogP contribution is 2.50. The molecule has 0 atom stereocenters. The third kappa shape index (κ3) is 2.61. The molecule has 1 aliphatic carbocycles. The number of ether oxygens (including phenoxy) is 1. The lowest BCUT2D eigenvalue weighted by Crippen LogP contribution is -2.36. The first-order valence-corrected chi connectivity index (χ1v) is 6.82. The maximum absolute atomic E-state index is 10.6. The van der Waals surface area contributed by atoms with Crippen LogP contribution in [0.4, 0.5) is 0 Å². The van der Waals surface area contributed by atoms with Crippen LogP contribution in [-0.2, 0) is 21.6 Å². The predicted molar refractivity (Wildman–Crippen MR) is 71.6 cm³/mol. The van der Waals surface area contributed by atoms with Gasteiger partial charge in [-0.3, -0.25) is 4.90 Å². The third-order valence-corrected chi connectivity index (χ3v) is 4.00. The number of hydrogen-bond acceptors (Lipinski definition) is 4. The van der Waals surface area contributed by atoms with E-state index in [4.69, 9.17) is 4.74 Å². The van der Waals surface area contributed by atoms with Crippen LogP contribution in [0.2, 0.25) is 0 Å². The second-order valence-corrected chi connectivity index (χ2v) is 5.28. The van der Waals surface area contributed by atoms with E-state index in [2.05, 4.69) is 28.1 Å². The molecule has 19 heavy (non-hydrogen) atoms. The van der Waals surface area contributed by atoms with Crippen LogP contribution in [0.5, 0.6) is 0 Å². The lowest BCUT2D eigenvalue weighted by Gasteiger charge is -2.28. The zero-order chi connectivity index (χ0) is 13.1. The molecule has 3 rings (SSSR count). The van der Waals surface area contributed by atoms with E-state index in [9.17, 15) is 4.79 Å². The Morgan fingerprint density at radius 3 is 2.68 bits per heavy atom. The number of benzene rings is 1. The zero-order valence-electron chi connectivity index (χ0n) is 11.0. The summed E-state index contributed by atoms with van der Waals surface area (Å²) in [5.74, 6) is 0. The summed E-state index contributed by atoms with van der Waals surface area (Å²) in [6.45, 7) is 4.46. The molecule has 4 heteroatoms. The van der Waals surface area contributed by atoms with Gasteiger partial charge in [-0.25, -0.2) is 4.79 Å². The Kier molecular flexibility index (Phi) is 3.47. The molecular formula is C15H18N2O2. The minimum Gasteiger partial charge on any atom is -0.379 e. The molecule has 0 spiro atoms. The number of aliphatic imine (C=N–C) groups is 1. The molecule has 4 nitrogen and oxygen atoms in total. The highest BCUT2D eigenvalue weighted by molar-refractivity contribution is 5.44. The lowest BCUT2D eigenvalue weighted by atomic mass is 9.98. The molecule has 1 heterocycles. The highest BCUT2D eigenvalue weighted by Gasteiger charge is 2.46. The van der Waals surface area contributed by atoms with Crippen molar-refractivity contribution in [3.63, 3.8) is 0 Å². The second kappa shape index (κ2) is 5.25. The fourth-order valence-electron chi connectivity index (χ4n) is 2.76. The second-order valence-electron chi connectivity index (χ2n) is 5.28. The van der Waals surface area contributed by atoms with Gasteiger partial charge in [-0.1, -0.05) is 24.3 Å². The largest absolute Gasteiger partial charge is 0.379 e. The van der Waals surface area contributed by atoms with Crippen LogP contribution in [0, 0.1) is 0 Å². The molecular weight excluding hydrogens is 240 g/mol. The summed E-state index contributed by atoms with van der Waals surface area (Å²) in [7, 11) is 0. The molecule has 0 radical (unpaired) electrons. The lowest BCUT2D eigenvalue weighted by molar-refractivity contribution is 0.0340. The van der Waals surface area contributed by atoms with Crippen LogP contribution in [-0.4, -0.2) is 37.3 Å². The Balaban J connectivity index is 1.83. The Hall–Kier alpha value is -1.48. The van der Waals surface area contributed by atoms with Crippen molar-refractivity contribution in [1.29, 1.82) is 0 Å². The van der Waals surface area contributed by atoms with Crippen molar-refractivity contribution in [2.75, 3.05) is 26.3 Å². The first kappa shape index (κ1) is 12.5. The van der Waals surface area contributed by atoms with E-state index in [-0.39, 0.29) is 5.54 Å². The Bertz CT molecular complexity index is 499. The molecule has 0 aromatic heterocycles. The van der Waals surface area contributed by atoms with Gasteiger partial charge in [0, 0.05) is 19.6 Å². The van der Waals surface area contributed by atoms with Crippen LogP contribution in [0.1, 0.15) is 24.0 Å². The summed E-state index contributed by atoms with van der Waals surface area (Å²) in [5.41, 5.74) is 2.20. The van der Waals surface area contributed by atoms with Crippen molar-refractivity contribution in [2.45, 2.75) is 24.9 Å². The normalized spacial score (nSPS) is 21.7. The molecule has 1 aliphatic heterocycles. The molecule has 1 aromatic carbocycles. The predicted octanol–water partition coefficient (Wildman–Crippen LogP) is 1.84. The van der Waals surface area contributed by atoms with Crippen molar-refractivity contribution >= 4 is 6.08 Å². The van der Waals surface area contributed by atoms with Crippen LogP contribution in [0.3, 0.4) is 0 Å². The maximum Gasteiger partial charge on any atom is 0.235 e. The van der Waals surface area contributed by atoms with Gasteiger partial charge in [0.25, 0.3) is 0 Å². The molecule has 0 amide bonds. The average Bonchev–Trinajstić information content (AvgIpc) is 3.22. The SMILES string of the molecule is O=C=NC1(c2ccccc2CN2CCOCC2)CC1. The van der Waals surface area contributed by atoms with E-state index in [1.54, 1.807) is 6.08 Å². The smallest absolute Gasteiger partial charge is 0.235 e. The van der Waals surface area contributed by atoms with E-state index in [0.29, 0.717) is 0 Å². The summed E-state index contributed by atoms with van der Waals surface area (Å²) in [6, 6.07) is 8.33. The minimum absolute atomic E-state index is 0.273. The monoisotopic (exact) mass is 258 g/mol. The van der Waals surface area contributed by atoms with Crippen LogP contribution in [0.25, 0.3) is 0 Å². The van der Waals surface area contributed by atoms with Crippen LogP contribution >= 0.6 is 0 Å². The van der Waals surface area contributed by atoms with E-state index in [1.807, 2.05) is 6.07 Å². The van der Waals surface area contributed by atoms with Crippen LogP contribution < -0.4 is 0 Å². The summed E-state index contributed by atoms with van der Waals surface area (Å²) in [6.07, 6.45) is 3.66. The van der Waals surface area contributed by atoms with E-state index >= 15 is 0 Å². The standard InChI is InChI=1S/C15H18N2O2/c18-12-16-15(5-6-15)14-4-2-1-3-13(14)11-17-7-9-19-10-8-17/h1-4H,5-11H2. The van der Waals surface area contributed by atoms with Gasteiger partial charge in [0.1, 0.15) is 0 Å². The van der Waals surface area contributed by atoms with E-state index in [1.165, 1.54) is 11.1 Å². The fourth-order valence-corrected chi connectivity index (χ4v) is 2.76. The molecule has 1 saturated carbocycles. The van der Waals surface area contributed by atoms with Crippen molar-refractivity contribution in [1.82, 2.24) is 4.90 Å². The van der Waals surface area contributed by atoms with Gasteiger partial charge in [-0.15, -0.1) is 0 Å². The van der Waals surface area contributed by atoms with Gasteiger partial charge in [0.2, 0.25) is 6.08 Å². The number of nitrogens with zero attached hydrogens (tertiary/aromatic N) is 2. The summed E-state index contributed by atoms with van der Waals surface area (Å²) < 4.78 is 5.37. The number of carbonyl (C=O) groups excluding carboxylic acids is 1. The van der Waals surface area contributed by atoms with Gasteiger partial charge >= 0.3 is 0 Å². The summed E-state index contributed by atoms with van der Waals surface area (Å²) in [5, 5.41) is 0. The molecule has 0 bridgehead atoms. The maximum atomic E-state index is 10.6. The molecule has 2 aliphatic rings. The summed E-state index contributed by atoms with van der Waals surface area (Å²) in [4.78, 5) is 17.1. The van der Waals surface area contributed by atoms with Crippen molar-refractivity contribution < 1.29 is 9.53 Å². The fraction of sp³-hybridized carbons (Fsp3) is 0.533. The molecule has 0 unspecified atom stereocenters. The van der Waals surface area contributed by atoms with Gasteiger partial charge in [0.05, 0.1) is 18.8 Å². The Morgan fingerprint density at radius 2 is 2.00 bits per heavy atom. The molecule has 100 valence electrons. The van der Waals surface area contributed by atoms with Gasteiger partial charge in [-0.05, 0) is 24.0 Å². The van der Waals surface area contributed by atoms with Gasteiger partial charge in [-0.2, -0.15) is 4.99 Å².